The smallest absolute Gasteiger partial charge is 0.351 e. The van der Waals surface area contributed by atoms with Crippen molar-refractivity contribution in [2.24, 2.45) is 0 Å². The third-order valence-electron chi connectivity index (χ3n) is 3.35. The molecule has 2 rings (SSSR count). The van der Waals surface area contributed by atoms with Gasteiger partial charge in [0.2, 0.25) is 6.10 Å². The summed E-state index contributed by atoms with van der Waals surface area (Å²) < 4.78 is 15.3. The molecule has 0 aliphatic carbocycles. The summed E-state index contributed by atoms with van der Waals surface area (Å²) in [6.45, 7) is 1.60. The van der Waals surface area contributed by atoms with Gasteiger partial charge >= 0.3 is 17.9 Å². The summed E-state index contributed by atoms with van der Waals surface area (Å²) >= 11 is 0. The van der Waals surface area contributed by atoms with Crippen LogP contribution in [0.1, 0.15) is 34.1 Å². The van der Waals surface area contributed by atoms with Gasteiger partial charge in [-0.25, -0.2) is 14.4 Å². The summed E-state index contributed by atoms with van der Waals surface area (Å²) in [5.74, 6) is -2.06. The van der Waals surface area contributed by atoms with Crippen molar-refractivity contribution < 1.29 is 28.6 Å². The lowest BCUT2D eigenvalue weighted by Gasteiger charge is -2.17. The van der Waals surface area contributed by atoms with Crippen LogP contribution in [-0.2, 0) is 19.0 Å². The molecule has 2 aromatic carbocycles. The van der Waals surface area contributed by atoms with E-state index in [1.165, 1.54) is 0 Å². The lowest BCUT2D eigenvalue weighted by atomic mass is 10.2. The number of hydrogen-bond acceptors (Lipinski definition) is 6. The predicted molar refractivity (Wildman–Crippen MR) is 93.6 cm³/mol. The minimum absolute atomic E-state index is 0.185. The Hall–Kier alpha value is -3.15. The summed E-state index contributed by atoms with van der Waals surface area (Å²) in [5, 5.41) is 0. The first-order chi connectivity index (χ1) is 12.6. The fourth-order valence-electron chi connectivity index (χ4n) is 2.03. The van der Waals surface area contributed by atoms with Crippen molar-refractivity contribution in [2.45, 2.75) is 19.4 Å². The molecular weight excluding hydrogens is 336 g/mol. The predicted octanol–water partition coefficient (Wildman–Crippen LogP) is 3.02. The molecule has 0 N–H and O–H groups in total. The van der Waals surface area contributed by atoms with Crippen LogP contribution < -0.4 is 0 Å². The lowest BCUT2D eigenvalue weighted by Crippen LogP contribution is -2.34. The van der Waals surface area contributed by atoms with E-state index in [0.29, 0.717) is 12.0 Å². The Kier molecular flexibility index (Phi) is 7.36. The maximum atomic E-state index is 12.2. The highest BCUT2D eigenvalue weighted by molar-refractivity contribution is 5.92. The van der Waals surface area contributed by atoms with E-state index in [1.807, 2.05) is 6.92 Å². The van der Waals surface area contributed by atoms with Crippen LogP contribution in [0.5, 0.6) is 0 Å². The van der Waals surface area contributed by atoms with Crippen LogP contribution in [0.2, 0.25) is 0 Å². The first kappa shape index (κ1) is 19.2. The highest BCUT2D eigenvalue weighted by atomic mass is 16.6. The van der Waals surface area contributed by atoms with E-state index >= 15 is 0 Å². The first-order valence-electron chi connectivity index (χ1n) is 8.26. The summed E-state index contributed by atoms with van der Waals surface area (Å²) in [6.07, 6.45) is -0.712. The molecule has 0 bridgehead atoms. The number of carbonyl (C=O) groups is 3. The van der Waals surface area contributed by atoms with Gasteiger partial charge in [0.1, 0.15) is 6.61 Å². The topological polar surface area (TPSA) is 78.9 Å². The Morgan fingerprint density at radius 3 is 1.88 bits per heavy atom. The minimum atomic E-state index is -1.33. The van der Waals surface area contributed by atoms with Gasteiger partial charge in [-0.05, 0) is 30.7 Å². The molecule has 26 heavy (non-hydrogen) atoms. The van der Waals surface area contributed by atoms with E-state index in [2.05, 4.69) is 0 Å². The van der Waals surface area contributed by atoms with Crippen molar-refractivity contribution in [1.29, 1.82) is 0 Å². The largest absolute Gasteiger partial charge is 0.463 e. The molecule has 6 heteroatoms. The van der Waals surface area contributed by atoms with Crippen molar-refractivity contribution in [3.8, 4) is 0 Å². The summed E-state index contributed by atoms with van der Waals surface area (Å²) in [6, 6.07) is 16.6. The number of rotatable bonds is 8. The lowest BCUT2D eigenvalue weighted by molar-refractivity contribution is -0.156. The Morgan fingerprint density at radius 1 is 0.808 bits per heavy atom. The molecule has 2 aromatic rings. The monoisotopic (exact) mass is 356 g/mol. The number of hydrogen-bond donors (Lipinski definition) is 0. The van der Waals surface area contributed by atoms with Gasteiger partial charge in [-0.1, -0.05) is 43.3 Å². The number of benzene rings is 2. The number of ether oxygens (including phenoxy) is 3. The zero-order chi connectivity index (χ0) is 18.8. The van der Waals surface area contributed by atoms with Crippen LogP contribution in [-0.4, -0.2) is 37.2 Å². The van der Waals surface area contributed by atoms with Crippen LogP contribution >= 0.6 is 0 Å². The molecule has 0 spiro atoms. The summed E-state index contributed by atoms with van der Waals surface area (Å²) in [4.78, 5) is 36.3. The van der Waals surface area contributed by atoms with Crippen molar-refractivity contribution in [1.82, 2.24) is 0 Å². The van der Waals surface area contributed by atoms with Crippen molar-refractivity contribution >= 4 is 17.9 Å². The van der Waals surface area contributed by atoms with Crippen LogP contribution in [0.3, 0.4) is 0 Å². The molecule has 0 aliphatic rings. The first-order valence-corrected chi connectivity index (χ1v) is 8.26. The van der Waals surface area contributed by atoms with Gasteiger partial charge in [0.15, 0.2) is 0 Å². The molecule has 0 heterocycles. The quantitative estimate of drug-likeness (QED) is 0.534. The van der Waals surface area contributed by atoms with Crippen molar-refractivity contribution in [2.75, 3.05) is 13.2 Å². The van der Waals surface area contributed by atoms with Crippen LogP contribution in [0, 0.1) is 0 Å². The van der Waals surface area contributed by atoms with Crippen molar-refractivity contribution in [3.05, 3.63) is 71.8 Å². The zero-order valence-electron chi connectivity index (χ0n) is 14.4. The Morgan fingerprint density at radius 2 is 1.35 bits per heavy atom. The Bertz CT molecular complexity index is 726. The second-order valence-electron chi connectivity index (χ2n) is 5.39. The molecule has 0 aromatic heterocycles. The van der Waals surface area contributed by atoms with Crippen LogP contribution in [0.15, 0.2) is 60.7 Å². The van der Waals surface area contributed by atoms with E-state index in [1.54, 1.807) is 60.7 Å². The molecule has 0 radical (unpaired) electrons. The van der Waals surface area contributed by atoms with E-state index < -0.39 is 30.6 Å². The third kappa shape index (κ3) is 5.73. The average Bonchev–Trinajstić information content (AvgIpc) is 2.70. The van der Waals surface area contributed by atoms with Crippen molar-refractivity contribution in [3.63, 3.8) is 0 Å². The maximum Gasteiger partial charge on any atom is 0.351 e. The molecule has 136 valence electrons. The van der Waals surface area contributed by atoms with E-state index in [4.69, 9.17) is 14.2 Å². The van der Waals surface area contributed by atoms with E-state index in [-0.39, 0.29) is 12.2 Å². The number of esters is 3. The molecule has 0 aliphatic heterocycles. The minimum Gasteiger partial charge on any atom is -0.463 e. The average molecular weight is 356 g/mol. The number of carbonyl (C=O) groups excluding carboxylic acids is 3. The molecule has 0 fully saturated rings. The summed E-state index contributed by atoms with van der Waals surface area (Å²) in [5.41, 5.74) is 0.623. The highest BCUT2D eigenvalue weighted by Gasteiger charge is 2.27. The maximum absolute atomic E-state index is 12.2. The Balaban J connectivity index is 2.02. The SMILES string of the molecule is CCCOC(=O)[C@H](COC(=O)c1ccccc1)OC(=O)c1ccccc1. The molecule has 1 atom stereocenters. The van der Waals surface area contributed by atoms with E-state index in [0.717, 1.165) is 0 Å². The molecule has 0 saturated heterocycles. The second kappa shape index (κ2) is 9.98. The van der Waals surface area contributed by atoms with Crippen LogP contribution in [0.25, 0.3) is 0 Å². The molecular formula is C20H20O6. The Labute approximate surface area is 151 Å². The van der Waals surface area contributed by atoms with Gasteiger partial charge in [-0.15, -0.1) is 0 Å². The zero-order valence-corrected chi connectivity index (χ0v) is 14.4. The normalized spacial score (nSPS) is 11.3. The molecule has 0 saturated carbocycles. The molecule has 6 nitrogen and oxygen atoms in total. The second-order valence-corrected chi connectivity index (χ2v) is 5.39. The standard InChI is InChI=1S/C20H20O6/c1-2-13-24-20(23)17(26-19(22)16-11-7-4-8-12-16)14-25-18(21)15-9-5-3-6-10-15/h3-12,17H,2,13-14H2,1H3/t17-/m0/s1. The fraction of sp³-hybridized carbons (Fsp3) is 0.250. The van der Waals surface area contributed by atoms with E-state index in [9.17, 15) is 14.4 Å². The van der Waals surface area contributed by atoms with Gasteiger partial charge in [0.25, 0.3) is 0 Å². The van der Waals surface area contributed by atoms with Gasteiger partial charge in [0.05, 0.1) is 17.7 Å². The summed E-state index contributed by atoms with van der Waals surface area (Å²) in [7, 11) is 0. The van der Waals surface area contributed by atoms with Gasteiger partial charge in [-0.3, -0.25) is 0 Å². The highest BCUT2D eigenvalue weighted by Crippen LogP contribution is 2.08. The van der Waals surface area contributed by atoms with Crippen LogP contribution in [0.4, 0.5) is 0 Å². The third-order valence-corrected chi connectivity index (χ3v) is 3.35. The fourth-order valence-corrected chi connectivity index (χ4v) is 2.03. The van der Waals surface area contributed by atoms with Gasteiger partial charge in [-0.2, -0.15) is 0 Å². The van der Waals surface area contributed by atoms with Gasteiger partial charge < -0.3 is 14.2 Å². The molecule has 0 amide bonds. The van der Waals surface area contributed by atoms with Gasteiger partial charge in [0, 0.05) is 0 Å². The molecule has 0 unspecified atom stereocenters.